The van der Waals surface area contributed by atoms with E-state index in [1.165, 1.54) is 5.56 Å². The topological polar surface area (TPSA) is 47.9 Å². The Morgan fingerprint density at radius 1 is 1.09 bits per heavy atom. The summed E-state index contributed by atoms with van der Waals surface area (Å²) in [6.07, 6.45) is 2.01. The van der Waals surface area contributed by atoms with Crippen LogP contribution in [0.2, 0.25) is 18.1 Å². The third kappa shape index (κ3) is 4.58. The zero-order valence-electron chi connectivity index (χ0n) is 21.5. The molecule has 1 unspecified atom stereocenters. The summed E-state index contributed by atoms with van der Waals surface area (Å²) in [6, 6.07) is 10.5. The van der Waals surface area contributed by atoms with Crippen LogP contribution in [-0.2, 0) is 20.3 Å². The van der Waals surface area contributed by atoms with Crippen molar-refractivity contribution in [3.63, 3.8) is 0 Å². The summed E-state index contributed by atoms with van der Waals surface area (Å²) in [4.78, 5) is 0. The summed E-state index contributed by atoms with van der Waals surface area (Å²) < 4.78 is 19.2. The first-order valence-electron chi connectivity index (χ1n) is 12.6. The van der Waals surface area contributed by atoms with E-state index in [1.807, 2.05) is 6.07 Å². The lowest BCUT2D eigenvalue weighted by molar-refractivity contribution is -0.334. The van der Waals surface area contributed by atoms with E-state index in [0.29, 0.717) is 25.0 Å². The minimum Gasteiger partial charge on any atom is -0.401 e. The first kappa shape index (κ1) is 24.9. The first-order valence-corrected chi connectivity index (χ1v) is 15.5. The van der Waals surface area contributed by atoms with Crippen molar-refractivity contribution in [3.8, 4) is 11.8 Å². The standard InChI is InChI=1S/C28H42O4Si/c1-20-25-22(24(29)14-13-23(25)28(20)30-17-18-31-28)15-16-27(5,19-21-11-9-8-10-12-21)32-33(6,7)26(2,3)4/h8-12,20,22-25,29H,13-14,17-19H2,1-7H3/t20?,22-,23-,24+,25+,27-/m1/s1. The Morgan fingerprint density at radius 3 is 2.33 bits per heavy atom. The van der Waals surface area contributed by atoms with Gasteiger partial charge in [0.15, 0.2) is 14.1 Å². The van der Waals surface area contributed by atoms with Gasteiger partial charge in [-0.25, -0.2) is 0 Å². The molecule has 1 aromatic rings. The second kappa shape index (κ2) is 8.81. The number of ether oxygens (including phenoxy) is 2. The summed E-state index contributed by atoms with van der Waals surface area (Å²) in [5, 5.41) is 11.1. The molecule has 0 bridgehead atoms. The predicted molar refractivity (Wildman–Crippen MR) is 134 cm³/mol. The fourth-order valence-corrected chi connectivity index (χ4v) is 7.56. The molecule has 5 heteroatoms. The molecule has 3 fully saturated rings. The predicted octanol–water partition coefficient (Wildman–Crippen LogP) is 5.41. The molecule has 2 saturated carbocycles. The average Bonchev–Trinajstić information content (AvgIpc) is 3.24. The third-order valence-electron chi connectivity index (χ3n) is 8.71. The van der Waals surface area contributed by atoms with Gasteiger partial charge in [0, 0.05) is 18.3 Å². The highest BCUT2D eigenvalue weighted by molar-refractivity contribution is 6.74. The monoisotopic (exact) mass is 470 g/mol. The van der Waals surface area contributed by atoms with Crippen LogP contribution in [-0.4, -0.2) is 44.1 Å². The lowest BCUT2D eigenvalue weighted by atomic mass is 9.50. The van der Waals surface area contributed by atoms with E-state index < -0.39 is 25.8 Å². The SMILES string of the molecule is CC1[C@H]2[C@H](C#C[C@](C)(Cc3ccccc3)O[Si](C)(C)C(C)(C)C)[C@@H](O)CC[C@H]2C12OCCO2. The van der Waals surface area contributed by atoms with Crippen molar-refractivity contribution in [1.82, 2.24) is 0 Å². The molecule has 0 amide bonds. The van der Waals surface area contributed by atoms with Gasteiger partial charge in [-0.2, -0.15) is 0 Å². The molecule has 1 aliphatic heterocycles. The van der Waals surface area contributed by atoms with Gasteiger partial charge in [-0.3, -0.25) is 0 Å². The highest BCUT2D eigenvalue weighted by atomic mass is 28.4. The van der Waals surface area contributed by atoms with Gasteiger partial charge in [0.05, 0.1) is 25.2 Å². The smallest absolute Gasteiger partial charge is 0.194 e. The Kier molecular flexibility index (Phi) is 6.66. The minimum atomic E-state index is -2.06. The summed E-state index contributed by atoms with van der Waals surface area (Å²) in [5.74, 6) is 7.47. The van der Waals surface area contributed by atoms with Crippen LogP contribution >= 0.6 is 0 Å². The van der Waals surface area contributed by atoms with Crippen molar-refractivity contribution in [3.05, 3.63) is 35.9 Å². The highest BCUT2D eigenvalue weighted by Crippen LogP contribution is 2.61. The quantitative estimate of drug-likeness (QED) is 0.472. The Bertz CT molecular complexity index is 890. The molecule has 4 nitrogen and oxygen atoms in total. The van der Waals surface area contributed by atoms with Crippen LogP contribution in [0.4, 0.5) is 0 Å². The van der Waals surface area contributed by atoms with Gasteiger partial charge >= 0.3 is 0 Å². The maximum absolute atomic E-state index is 11.0. The number of aliphatic hydroxyl groups is 1. The Hall–Kier alpha value is -1.16. The van der Waals surface area contributed by atoms with Gasteiger partial charge in [-0.15, -0.1) is 0 Å². The fourth-order valence-electron chi connectivity index (χ4n) is 6.00. The van der Waals surface area contributed by atoms with Gasteiger partial charge in [0.1, 0.15) is 5.60 Å². The van der Waals surface area contributed by atoms with E-state index in [9.17, 15) is 5.11 Å². The Morgan fingerprint density at radius 2 is 1.73 bits per heavy atom. The molecule has 2 aliphatic carbocycles. The minimum absolute atomic E-state index is 0.0738. The number of hydrogen-bond donors (Lipinski definition) is 1. The van der Waals surface area contributed by atoms with Crippen LogP contribution in [0, 0.1) is 35.5 Å². The normalized spacial score (nSPS) is 32.9. The summed E-state index contributed by atoms with van der Waals surface area (Å²) >= 11 is 0. The van der Waals surface area contributed by atoms with Gasteiger partial charge in [-0.1, -0.05) is 69.9 Å². The Labute approximate surface area is 201 Å². The molecule has 1 saturated heterocycles. The fraction of sp³-hybridized carbons (Fsp3) is 0.714. The number of aliphatic hydroxyl groups excluding tert-OH is 1. The van der Waals surface area contributed by atoms with Gasteiger partial charge in [-0.05, 0) is 49.4 Å². The lowest BCUT2D eigenvalue weighted by Crippen LogP contribution is -2.67. The van der Waals surface area contributed by atoms with Crippen molar-refractivity contribution >= 4 is 8.32 Å². The molecule has 4 rings (SSSR count). The second-order valence-corrected chi connectivity index (χ2v) is 16.8. The molecule has 6 atom stereocenters. The molecule has 0 aromatic heterocycles. The third-order valence-corrected chi connectivity index (χ3v) is 13.3. The van der Waals surface area contributed by atoms with Crippen LogP contribution in [0.1, 0.15) is 53.0 Å². The highest BCUT2D eigenvalue weighted by Gasteiger charge is 2.67. The van der Waals surface area contributed by atoms with E-state index >= 15 is 0 Å². The zero-order chi connectivity index (χ0) is 24.1. The average molecular weight is 471 g/mol. The molecule has 1 heterocycles. The molecular formula is C28H42O4Si. The van der Waals surface area contributed by atoms with Crippen molar-refractivity contribution in [2.24, 2.45) is 23.7 Å². The van der Waals surface area contributed by atoms with E-state index in [-0.39, 0.29) is 16.9 Å². The molecule has 1 spiro atoms. The molecular weight excluding hydrogens is 428 g/mol. The molecule has 182 valence electrons. The van der Waals surface area contributed by atoms with Crippen LogP contribution in [0.15, 0.2) is 30.3 Å². The van der Waals surface area contributed by atoms with Crippen LogP contribution in [0.25, 0.3) is 0 Å². The van der Waals surface area contributed by atoms with Crippen molar-refractivity contribution in [2.75, 3.05) is 13.2 Å². The van der Waals surface area contributed by atoms with Gasteiger partial charge < -0.3 is 19.0 Å². The van der Waals surface area contributed by atoms with Crippen molar-refractivity contribution < 1.29 is 19.0 Å². The number of fused-ring (bicyclic) bond motifs is 2. The van der Waals surface area contributed by atoms with E-state index in [2.05, 4.69) is 83.8 Å². The summed E-state index contributed by atoms with van der Waals surface area (Å²) in [6.45, 7) is 17.0. The van der Waals surface area contributed by atoms with E-state index in [1.54, 1.807) is 0 Å². The summed E-state index contributed by atoms with van der Waals surface area (Å²) in [7, 11) is -2.06. The van der Waals surface area contributed by atoms with E-state index in [0.717, 1.165) is 19.3 Å². The molecule has 1 N–H and O–H groups in total. The lowest BCUT2D eigenvalue weighted by Gasteiger charge is -2.61. The van der Waals surface area contributed by atoms with Crippen molar-refractivity contribution in [1.29, 1.82) is 0 Å². The number of hydrogen-bond acceptors (Lipinski definition) is 4. The summed E-state index contributed by atoms with van der Waals surface area (Å²) in [5.41, 5.74) is 0.612. The molecule has 33 heavy (non-hydrogen) atoms. The Balaban J connectivity index is 1.63. The first-order chi connectivity index (χ1) is 15.4. The maximum atomic E-state index is 11.0. The maximum Gasteiger partial charge on any atom is 0.194 e. The zero-order valence-corrected chi connectivity index (χ0v) is 22.5. The van der Waals surface area contributed by atoms with Gasteiger partial charge in [0.25, 0.3) is 0 Å². The second-order valence-electron chi connectivity index (χ2n) is 12.1. The van der Waals surface area contributed by atoms with Crippen molar-refractivity contribution in [2.45, 2.75) is 89.5 Å². The largest absolute Gasteiger partial charge is 0.401 e. The number of rotatable bonds is 4. The van der Waals surface area contributed by atoms with E-state index in [4.69, 9.17) is 13.9 Å². The molecule has 1 aromatic carbocycles. The van der Waals surface area contributed by atoms with Crippen LogP contribution < -0.4 is 0 Å². The van der Waals surface area contributed by atoms with Crippen LogP contribution in [0.5, 0.6) is 0 Å². The molecule has 3 aliphatic rings. The van der Waals surface area contributed by atoms with Gasteiger partial charge in [0.2, 0.25) is 0 Å². The van der Waals surface area contributed by atoms with Crippen LogP contribution in [0.3, 0.4) is 0 Å². The molecule has 0 radical (unpaired) electrons. The number of benzene rings is 1.